The molecule has 1 N–H and O–H groups in total. The van der Waals surface area contributed by atoms with Crippen molar-refractivity contribution in [2.24, 2.45) is 0 Å². The highest BCUT2D eigenvalue weighted by Crippen LogP contribution is 2.10. The molecule has 0 radical (unpaired) electrons. The van der Waals surface area contributed by atoms with Gasteiger partial charge >= 0.3 is 0 Å². The number of halogens is 1. The molecule has 0 atom stereocenters. The van der Waals surface area contributed by atoms with Crippen LogP contribution in [0.1, 0.15) is 10.7 Å². The molecule has 0 aliphatic rings. The van der Waals surface area contributed by atoms with Crippen LogP contribution in [0.15, 0.2) is 23.7 Å². The van der Waals surface area contributed by atoms with E-state index in [2.05, 4.69) is 20.4 Å². The molecule has 0 unspecified atom stereocenters. The molecular weight excluding hydrogens is 265 g/mol. The molecule has 0 saturated heterocycles. The van der Waals surface area contributed by atoms with E-state index in [4.69, 9.17) is 0 Å². The monoisotopic (exact) mass is 277 g/mol. The van der Waals surface area contributed by atoms with E-state index in [0.717, 1.165) is 17.1 Å². The van der Waals surface area contributed by atoms with Crippen molar-refractivity contribution in [3.8, 4) is 0 Å². The molecule has 0 amide bonds. The highest BCUT2D eigenvalue weighted by molar-refractivity contribution is 7.09. The fourth-order valence-corrected chi connectivity index (χ4v) is 2.51. The van der Waals surface area contributed by atoms with Gasteiger partial charge in [-0.15, -0.1) is 16.4 Å². The molecule has 0 bridgehead atoms. The highest BCUT2D eigenvalue weighted by Gasteiger charge is 2.04. The first-order chi connectivity index (χ1) is 9.20. The zero-order chi connectivity index (χ0) is 13.2. The standard InChI is InChI=1S/C12H12FN5S/c1-8-7-19-11(15-8)4-5-14-12-16-10-3-2-9(13)6-18(10)17-12/h2-3,6-7H,4-5H2,1H3,(H,14,17). The Morgan fingerprint density at radius 3 is 3.05 bits per heavy atom. The van der Waals surface area contributed by atoms with E-state index in [0.29, 0.717) is 18.1 Å². The van der Waals surface area contributed by atoms with Gasteiger partial charge in [-0.05, 0) is 19.1 Å². The van der Waals surface area contributed by atoms with Crippen molar-refractivity contribution >= 4 is 22.9 Å². The summed E-state index contributed by atoms with van der Waals surface area (Å²) in [6.07, 6.45) is 2.13. The second-order valence-corrected chi connectivity index (χ2v) is 5.09. The minimum Gasteiger partial charge on any atom is -0.352 e. The Kier molecular flexibility index (Phi) is 3.12. The van der Waals surface area contributed by atoms with E-state index in [1.165, 1.54) is 16.8 Å². The van der Waals surface area contributed by atoms with Crippen molar-refractivity contribution in [3.05, 3.63) is 40.2 Å². The summed E-state index contributed by atoms with van der Waals surface area (Å²) < 4.78 is 14.4. The Labute approximate surface area is 113 Å². The van der Waals surface area contributed by atoms with Crippen LogP contribution in [0.3, 0.4) is 0 Å². The second-order valence-electron chi connectivity index (χ2n) is 4.14. The average Bonchev–Trinajstić information content (AvgIpc) is 2.95. The van der Waals surface area contributed by atoms with Gasteiger partial charge in [0.25, 0.3) is 0 Å². The fraction of sp³-hybridized carbons (Fsp3) is 0.250. The molecule has 0 aromatic carbocycles. The summed E-state index contributed by atoms with van der Waals surface area (Å²) in [7, 11) is 0. The lowest BCUT2D eigenvalue weighted by molar-refractivity contribution is 0.615. The Morgan fingerprint density at radius 2 is 2.26 bits per heavy atom. The zero-order valence-electron chi connectivity index (χ0n) is 10.3. The van der Waals surface area contributed by atoms with Gasteiger partial charge < -0.3 is 5.32 Å². The highest BCUT2D eigenvalue weighted by atomic mass is 32.1. The van der Waals surface area contributed by atoms with Crippen LogP contribution in [0.5, 0.6) is 0 Å². The maximum atomic E-state index is 13.0. The molecule has 0 aliphatic heterocycles. The van der Waals surface area contributed by atoms with E-state index in [9.17, 15) is 4.39 Å². The van der Waals surface area contributed by atoms with E-state index >= 15 is 0 Å². The number of fused-ring (bicyclic) bond motifs is 1. The molecule has 3 aromatic rings. The van der Waals surface area contributed by atoms with Crippen molar-refractivity contribution < 1.29 is 4.39 Å². The fourth-order valence-electron chi connectivity index (χ4n) is 1.73. The molecule has 3 heterocycles. The largest absolute Gasteiger partial charge is 0.352 e. The number of anilines is 1. The molecule has 0 fully saturated rings. The molecule has 5 nitrogen and oxygen atoms in total. The number of aryl methyl sites for hydroxylation is 1. The van der Waals surface area contributed by atoms with Gasteiger partial charge in [-0.2, -0.15) is 4.98 Å². The van der Waals surface area contributed by atoms with Crippen molar-refractivity contribution in [1.82, 2.24) is 19.6 Å². The molecule has 3 aromatic heterocycles. The summed E-state index contributed by atoms with van der Waals surface area (Å²) in [6.45, 7) is 2.68. The lowest BCUT2D eigenvalue weighted by Gasteiger charge is -1.98. The predicted molar refractivity (Wildman–Crippen MR) is 72.0 cm³/mol. The van der Waals surface area contributed by atoms with Gasteiger partial charge in [0.15, 0.2) is 5.65 Å². The van der Waals surface area contributed by atoms with Crippen molar-refractivity contribution in [3.63, 3.8) is 0 Å². The number of aromatic nitrogens is 4. The third kappa shape index (κ3) is 2.70. The number of nitrogens with zero attached hydrogens (tertiary/aromatic N) is 4. The number of hydrogen-bond donors (Lipinski definition) is 1. The maximum absolute atomic E-state index is 13.0. The Balaban J connectivity index is 1.65. The van der Waals surface area contributed by atoms with Crippen LogP contribution >= 0.6 is 11.3 Å². The van der Waals surface area contributed by atoms with Gasteiger partial charge in [0.05, 0.1) is 11.2 Å². The summed E-state index contributed by atoms with van der Waals surface area (Å²) in [4.78, 5) is 8.63. The molecule has 98 valence electrons. The summed E-state index contributed by atoms with van der Waals surface area (Å²) in [5.74, 6) is 0.168. The minimum atomic E-state index is -0.331. The topological polar surface area (TPSA) is 55.1 Å². The van der Waals surface area contributed by atoms with Gasteiger partial charge in [-0.25, -0.2) is 13.9 Å². The van der Waals surface area contributed by atoms with Crippen LogP contribution in [-0.2, 0) is 6.42 Å². The summed E-state index contributed by atoms with van der Waals surface area (Å²) in [5, 5.41) is 10.4. The minimum absolute atomic E-state index is 0.331. The molecule has 3 rings (SSSR count). The Bertz CT molecular complexity index is 705. The van der Waals surface area contributed by atoms with Crippen molar-refractivity contribution in [2.75, 3.05) is 11.9 Å². The van der Waals surface area contributed by atoms with Crippen LogP contribution in [-0.4, -0.2) is 26.1 Å². The number of pyridine rings is 1. The molecule has 0 aliphatic carbocycles. The Morgan fingerprint density at radius 1 is 1.37 bits per heavy atom. The van der Waals surface area contributed by atoms with E-state index < -0.39 is 0 Å². The van der Waals surface area contributed by atoms with E-state index in [1.807, 2.05) is 12.3 Å². The van der Waals surface area contributed by atoms with Crippen LogP contribution in [0.25, 0.3) is 5.65 Å². The Hall–Kier alpha value is -2.02. The quantitative estimate of drug-likeness (QED) is 0.795. The molecular formula is C12H12FN5S. The first-order valence-electron chi connectivity index (χ1n) is 5.87. The molecule has 0 spiro atoms. The van der Waals surface area contributed by atoms with Gasteiger partial charge in [0.2, 0.25) is 5.95 Å². The van der Waals surface area contributed by atoms with Gasteiger partial charge in [0, 0.05) is 24.0 Å². The third-order valence-electron chi connectivity index (χ3n) is 2.58. The maximum Gasteiger partial charge on any atom is 0.243 e. The molecule has 0 saturated carbocycles. The zero-order valence-corrected chi connectivity index (χ0v) is 11.1. The SMILES string of the molecule is Cc1csc(CCNc2nc3ccc(F)cn3n2)n1. The van der Waals surface area contributed by atoms with Gasteiger partial charge in [-0.3, -0.25) is 0 Å². The molecule has 7 heteroatoms. The smallest absolute Gasteiger partial charge is 0.243 e. The van der Waals surface area contributed by atoms with E-state index in [-0.39, 0.29) is 5.82 Å². The first-order valence-corrected chi connectivity index (χ1v) is 6.75. The van der Waals surface area contributed by atoms with Crippen LogP contribution in [0, 0.1) is 12.7 Å². The summed E-state index contributed by atoms with van der Waals surface area (Å²) in [6, 6.07) is 2.96. The van der Waals surface area contributed by atoms with Crippen molar-refractivity contribution in [1.29, 1.82) is 0 Å². The lowest BCUT2D eigenvalue weighted by atomic mass is 10.4. The van der Waals surface area contributed by atoms with Gasteiger partial charge in [-0.1, -0.05) is 0 Å². The number of nitrogens with one attached hydrogen (secondary N) is 1. The summed E-state index contributed by atoms with van der Waals surface area (Å²) >= 11 is 1.64. The normalized spacial score (nSPS) is 11.1. The first kappa shape index (κ1) is 12.0. The van der Waals surface area contributed by atoms with Crippen LogP contribution in [0.4, 0.5) is 10.3 Å². The van der Waals surface area contributed by atoms with Crippen LogP contribution in [0.2, 0.25) is 0 Å². The molecule has 19 heavy (non-hydrogen) atoms. The van der Waals surface area contributed by atoms with Crippen LogP contribution < -0.4 is 5.32 Å². The van der Waals surface area contributed by atoms with Crippen molar-refractivity contribution in [2.45, 2.75) is 13.3 Å². The predicted octanol–water partition coefficient (Wildman–Crippen LogP) is 2.29. The average molecular weight is 277 g/mol. The number of hydrogen-bond acceptors (Lipinski definition) is 5. The van der Waals surface area contributed by atoms with Gasteiger partial charge in [0.1, 0.15) is 5.82 Å². The van der Waals surface area contributed by atoms with E-state index in [1.54, 1.807) is 17.4 Å². The second kappa shape index (κ2) is 4.93. The summed E-state index contributed by atoms with van der Waals surface area (Å²) in [5.41, 5.74) is 1.66. The number of rotatable bonds is 4. The lowest BCUT2D eigenvalue weighted by Crippen LogP contribution is -2.06. The third-order valence-corrected chi connectivity index (χ3v) is 3.61. The number of thiazole rings is 1.